The molecule has 2 aliphatic heterocycles. The zero-order valence-electron chi connectivity index (χ0n) is 21.4. The molecule has 2 saturated heterocycles. The maximum Gasteiger partial charge on any atom is 0.317 e. The number of hydrogen-bond acceptors (Lipinski definition) is 5. The predicted molar refractivity (Wildman–Crippen MR) is 140 cm³/mol. The summed E-state index contributed by atoms with van der Waals surface area (Å²) in [6.45, 7) is 4.28. The SMILES string of the molecule is CNCC(CC1CCOCC1)NC(=O)N1CCCC(C(O)(CCCCOC)c2cccc(Cl)c2)C1. The largest absolute Gasteiger partial charge is 0.385 e. The molecule has 0 aromatic heterocycles. The molecule has 0 aliphatic carbocycles. The monoisotopic (exact) mass is 509 g/mol. The quantitative estimate of drug-likeness (QED) is 0.368. The highest BCUT2D eigenvalue weighted by Crippen LogP contribution is 2.40. The Morgan fingerprint density at radius 2 is 2.11 bits per heavy atom. The number of nitrogens with one attached hydrogen (secondary N) is 2. The molecule has 3 atom stereocenters. The van der Waals surface area contributed by atoms with E-state index in [1.807, 2.05) is 36.2 Å². The second kappa shape index (κ2) is 14.4. The second-order valence-electron chi connectivity index (χ2n) is 10.2. The molecule has 7 nitrogen and oxygen atoms in total. The van der Waals surface area contributed by atoms with Gasteiger partial charge in [0.2, 0.25) is 0 Å². The standard InChI is InChI=1S/C27H44ClN3O4/c1-29-19-25(17-21-10-15-35-16-11-21)30-26(32)31-13-6-8-23(20-31)27(33,12-3-4-14-34-2)22-7-5-9-24(28)18-22/h5,7,9,18,21,23,25,29,33H,3-4,6,8,10-17,19-20H2,1-2H3,(H,30,32). The first kappa shape index (κ1) is 28.2. The number of carbonyl (C=O) groups excluding carboxylic acids is 1. The van der Waals surface area contributed by atoms with Crippen LogP contribution in [0.15, 0.2) is 24.3 Å². The highest BCUT2D eigenvalue weighted by Gasteiger charge is 2.41. The van der Waals surface area contributed by atoms with Gasteiger partial charge in [-0.3, -0.25) is 0 Å². The maximum atomic E-state index is 13.3. The van der Waals surface area contributed by atoms with Crippen molar-refractivity contribution in [1.82, 2.24) is 15.5 Å². The van der Waals surface area contributed by atoms with Crippen molar-refractivity contribution in [2.45, 2.75) is 63.0 Å². The van der Waals surface area contributed by atoms with E-state index in [9.17, 15) is 9.90 Å². The molecule has 3 N–H and O–H groups in total. The highest BCUT2D eigenvalue weighted by molar-refractivity contribution is 6.30. The summed E-state index contributed by atoms with van der Waals surface area (Å²) in [6.07, 6.45) is 7.15. The number of aliphatic hydroxyl groups is 1. The van der Waals surface area contributed by atoms with Crippen LogP contribution in [0.5, 0.6) is 0 Å². The van der Waals surface area contributed by atoms with Crippen LogP contribution in [0.25, 0.3) is 0 Å². The fraction of sp³-hybridized carbons (Fsp3) is 0.741. The van der Waals surface area contributed by atoms with Crippen molar-refractivity contribution in [3.63, 3.8) is 0 Å². The molecule has 35 heavy (non-hydrogen) atoms. The molecule has 0 saturated carbocycles. The van der Waals surface area contributed by atoms with Gasteiger partial charge < -0.3 is 30.1 Å². The van der Waals surface area contributed by atoms with Gasteiger partial charge in [-0.2, -0.15) is 0 Å². The number of ether oxygens (including phenoxy) is 2. The molecule has 0 spiro atoms. The Kier molecular flexibility index (Phi) is 11.6. The molecule has 1 aromatic carbocycles. The molecule has 8 heteroatoms. The topological polar surface area (TPSA) is 83.1 Å². The van der Waals surface area contributed by atoms with Crippen LogP contribution in [0, 0.1) is 11.8 Å². The van der Waals surface area contributed by atoms with E-state index < -0.39 is 5.60 Å². The molecule has 2 fully saturated rings. The third kappa shape index (κ3) is 8.32. The lowest BCUT2D eigenvalue weighted by Crippen LogP contribution is -2.54. The Hall–Kier alpha value is -1.38. The average molecular weight is 510 g/mol. The van der Waals surface area contributed by atoms with E-state index in [0.717, 1.165) is 70.3 Å². The number of urea groups is 1. The number of halogens is 1. The Bertz CT molecular complexity index is 777. The molecule has 0 radical (unpaired) electrons. The fourth-order valence-electron chi connectivity index (χ4n) is 5.62. The van der Waals surface area contributed by atoms with Crippen molar-refractivity contribution < 1.29 is 19.4 Å². The van der Waals surface area contributed by atoms with Crippen molar-refractivity contribution in [2.75, 3.05) is 53.6 Å². The smallest absolute Gasteiger partial charge is 0.317 e. The van der Waals surface area contributed by atoms with Crippen LogP contribution in [-0.2, 0) is 15.1 Å². The van der Waals surface area contributed by atoms with Crippen LogP contribution in [-0.4, -0.2) is 75.7 Å². The molecule has 198 valence electrons. The van der Waals surface area contributed by atoms with Gasteiger partial charge in [0.25, 0.3) is 0 Å². The van der Waals surface area contributed by atoms with E-state index in [2.05, 4.69) is 10.6 Å². The lowest BCUT2D eigenvalue weighted by atomic mass is 9.74. The molecular formula is C27H44ClN3O4. The van der Waals surface area contributed by atoms with Gasteiger partial charge in [0.05, 0.1) is 5.60 Å². The maximum absolute atomic E-state index is 13.3. The lowest BCUT2D eigenvalue weighted by molar-refractivity contribution is -0.0564. The number of likely N-dealkylation sites (tertiary alicyclic amines) is 1. The number of hydrogen-bond donors (Lipinski definition) is 3. The number of rotatable bonds is 12. The Balaban J connectivity index is 1.67. The van der Waals surface area contributed by atoms with Gasteiger partial charge >= 0.3 is 6.03 Å². The summed E-state index contributed by atoms with van der Waals surface area (Å²) < 4.78 is 10.7. The first-order chi connectivity index (χ1) is 17.0. The number of benzene rings is 1. The van der Waals surface area contributed by atoms with Crippen LogP contribution in [0.3, 0.4) is 0 Å². The van der Waals surface area contributed by atoms with Crippen LogP contribution in [0.1, 0.15) is 56.9 Å². The molecule has 2 amide bonds. The number of methoxy groups -OCH3 is 1. The average Bonchev–Trinajstić information content (AvgIpc) is 2.87. The first-order valence-electron chi connectivity index (χ1n) is 13.2. The summed E-state index contributed by atoms with van der Waals surface area (Å²) in [7, 11) is 3.62. The zero-order chi connectivity index (χ0) is 25.1. The zero-order valence-corrected chi connectivity index (χ0v) is 22.2. The minimum Gasteiger partial charge on any atom is -0.385 e. The summed E-state index contributed by atoms with van der Waals surface area (Å²) in [5.74, 6) is 0.526. The number of piperidine rings is 1. The number of unbranched alkanes of at least 4 members (excludes halogenated alkanes) is 1. The van der Waals surface area contributed by atoms with E-state index in [4.69, 9.17) is 21.1 Å². The van der Waals surface area contributed by atoms with Crippen molar-refractivity contribution in [3.8, 4) is 0 Å². The van der Waals surface area contributed by atoms with Gasteiger partial charge in [-0.05, 0) is 82.0 Å². The minimum absolute atomic E-state index is 0.0326. The summed E-state index contributed by atoms with van der Waals surface area (Å²) >= 11 is 6.30. The number of carbonyl (C=O) groups is 1. The van der Waals surface area contributed by atoms with Crippen LogP contribution in [0.4, 0.5) is 4.79 Å². The summed E-state index contributed by atoms with van der Waals surface area (Å²) in [5.41, 5.74) is -0.202. The molecule has 1 aromatic rings. The van der Waals surface area contributed by atoms with Crippen LogP contribution >= 0.6 is 11.6 Å². The van der Waals surface area contributed by atoms with Gasteiger partial charge in [0, 0.05) is 63.5 Å². The van der Waals surface area contributed by atoms with Gasteiger partial charge in [0.1, 0.15) is 0 Å². The summed E-state index contributed by atoms with van der Waals surface area (Å²) in [4.78, 5) is 15.2. The molecule has 0 bridgehead atoms. The predicted octanol–water partition coefficient (Wildman–Crippen LogP) is 4.17. The number of likely N-dealkylation sites (N-methyl/N-ethyl adjacent to an activating group) is 1. The van der Waals surface area contributed by atoms with Crippen molar-refractivity contribution >= 4 is 17.6 Å². The van der Waals surface area contributed by atoms with Gasteiger partial charge in [0.15, 0.2) is 0 Å². The molecule has 3 rings (SSSR count). The highest BCUT2D eigenvalue weighted by atomic mass is 35.5. The number of amides is 2. The Morgan fingerprint density at radius 1 is 1.31 bits per heavy atom. The van der Waals surface area contributed by atoms with Gasteiger partial charge in [-0.15, -0.1) is 0 Å². The molecule has 2 aliphatic rings. The van der Waals surface area contributed by atoms with Crippen LogP contribution in [0.2, 0.25) is 5.02 Å². The molecule has 3 unspecified atom stereocenters. The third-order valence-corrected chi connectivity index (χ3v) is 7.84. The van der Waals surface area contributed by atoms with Crippen molar-refractivity contribution in [1.29, 1.82) is 0 Å². The number of nitrogens with zero attached hydrogens (tertiary/aromatic N) is 1. The van der Waals surface area contributed by atoms with Crippen molar-refractivity contribution in [3.05, 3.63) is 34.9 Å². The van der Waals surface area contributed by atoms with E-state index in [-0.39, 0.29) is 18.0 Å². The molecular weight excluding hydrogens is 466 g/mol. The molecule has 2 heterocycles. The lowest BCUT2D eigenvalue weighted by Gasteiger charge is -2.43. The van der Waals surface area contributed by atoms with Gasteiger partial charge in [-0.1, -0.05) is 23.7 Å². The van der Waals surface area contributed by atoms with Gasteiger partial charge in [-0.25, -0.2) is 4.79 Å². The van der Waals surface area contributed by atoms with Crippen LogP contribution < -0.4 is 10.6 Å². The van der Waals surface area contributed by atoms with E-state index in [1.54, 1.807) is 7.11 Å². The summed E-state index contributed by atoms with van der Waals surface area (Å²) in [6, 6.07) is 7.60. The normalized spacial score (nSPS) is 21.9. The fourth-order valence-corrected chi connectivity index (χ4v) is 5.81. The minimum atomic E-state index is -1.04. The Labute approximate surface area is 215 Å². The van der Waals surface area contributed by atoms with E-state index in [1.165, 1.54) is 0 Å². The summed E-state index contributed by atoms with van der Waals surface area (Å²) in [5, 5.41) is 19.2. The third-order valence-electron chi connectivity index (χ3n) is 7.60. The first-order valence-corrected chi connectivity index (χ1v) is 13.6. The van der Waals surface area contributed by atoms with E-state index >= 15 is 0 Å². The second-order valence-corrected chi connectivity index (χ2v) is 10.6. The van der Waals surface area contributed by atoms with E-state index in [0.29, 0.717) is 37.1 Å². The van der Waals surface area contributed by atoms with Crippen molar-refractivity contribution in [2.24, 2.45) is 11.8 Å². The Morgan fingerprint density at radius 3 is 2.83 bits per heavy atom.